The third-order valence-electron chi connectivity index (χ3n) is 3.43. The number of amides is 2. The number of likely N-dealkylation sites (tertiary alicyclic amines) is 1. The molecular weight excluding hydrogens is 317 g/mol. The molecule has 4 N–H and O–H groups in total. The van der Waals surface area contributed by atoms with Crippen molar-refractivity contribution >= 4 is 40.9 Å². The quantitative estimate of drug-likeness (QED) is 0.792. The van der Waals surface area contributed by atoms with Gasteiger partial charge in [0.1, 0.15) is 0 Å². The molecule has 2 rings (SSSR count). The third-order valence-corrected chi connectivity index (χ3v) is 4.02. The number of benzene rings is 1. The van der Waals surface area contributed by atoms with Crippen molar-refractivity contribution in [3.63, 3.8) is 0 Å². The number of rotatable bonds is 3. The molecule has 1 heterocycles. The number of halogens is 2. The van der Waals surface area contributed by atoms with Crippen molar-refractivity contribution in [2.45, 2.75) is 6.42 Å². The van der Waals surface area contributed by atoms with Gasteiger partial charge in [0.25, 0.3) is 0 Å². The van der Waals surface area contributed by atoms with Crippen LogP contribution >= 0.6 is 23.2 Å². The number of carbonyl (C=O) groups excluding carboxylic acids is 1. The van der Waals surface area contributed by atoms with Gasteiger partial charge in [0.2, 0.25) is 0 Å². The number of hydrogen-bond acceptors (Lipinski definition) is 3. The first-order valence-corrected chi connectivity index (χ1v) is 7.16. The standard InChI is InChI=1S/C13H15Cl2N3O3/c14-9-3-8(12(19)20)4-10(15)11(9)17-13(21)18-2-1-7(5-16)6-18/h3-4,7H,1-2,5-6,16H2,(H,17,21)(H,19,20). The van der Waals surface area contributed by atoms with Gasteiger partial charge in [-0.2, -0.15) is 0 Å². The van der Waals surface area contributed by atoms with Crippen LogP contribution in [0.4, 0.5) is 10.5 Å². The van der Waals surface area contributed by atoms with Gasteiger partial charge in [-0.25, -0.2) is 9.59 Å². The molecule has 1 aromatic rings. The number of nitrogens with two attached hydrogens (primary N) is 1. The number of carboxylic acid groups (broad SMARTS) is 1. The van der Waals surface area contributed by atoms with E-state index < -0.39 is 5.97 Å². The molecule has 1 fully saturated rings. The van der Waals surface area contributed by atoms with E-state index in [2.05, 4.69) is 5.32 Å². The Kier molecular flexibility index (Phi) is 4.92. The fourth-order valence-electron chi connectivity index (χ4n) is 2.21. The Bertz CT molecular complexity index is 557. The zero-order valence-corrected chi connectivity index (χ0v) is 12.6. The van der Waals surface area contributed by atoms with Crippen molar-refractivity contribution in [2.75, 3.05) is 25.0 Å². The van der Waals surface area contributed by atoms with Crippen LogP contribution < -0.4 is 11.1 Å². The Balaban J connectivity index is 2.13. The van der Waals surface area contributed by atoms with Gasteiger partial charge in [-0.05, 0) is 31.0 Å². The van der Waals surface area contributed by atoms with E-state index in [0.717, 1.165) is 6.42 Å². The summed E-state index contributed by atoms with van der Waals surface area (Å²) >= 11 is 12.0. The fourth-order valence-corrected chi connectivity index (χ4v) is 2.79. The summed E-state index contributed by atoms with van der Waals surface area (Å²) in [4.78, 5) is 24.7. The highest BCUT2D eigenvalue weighted by Crippen LogP contribution is 2.32. The molecule has 1 aromatic carbocycles. The minimum Gasteiger partial charge on any atom is -0.478 e. The van der Waals surface area contributed by atoms with Gasteiger partial charge in [-0.1, -0.05) is 23.2 Å². The second-order valence-corrected chi connectivity index (χ2v) is 5.70. The van der Waals surface area contributed by atoms with Gasteiger partial charge in [-0.3, -0.25) is 0 Å². The number of urea groups is 1. The van der Waals surface area contributed by atoms with Crippen molar-refractivity contribution in [1.29, 1.82) is 0 Å². The average molecular weight is 332 g/mol. The smallest absolute Gasteiger partial charge is 0.335 e. The molecule has 1 atom stereocenters. The van der Waals surface area contributed by atoms with E-state index in [1.807, 2.05) is 0 Å². The minimum atomic E-state index is -1.14. The lowest BCUT2D eigenvalue weighted by molar-refractivity contribution is 0.0697. The molecule has 1 unspecified atom stereocenters. The van der Waals surface area contributed by atoms with Crippen LogP contribution in [-0.4, -0.2) is 41.6 Å². The molecule has 0 aliphatic carbocycles. The highest BCUT2D eigenvalue weighted by molar-refractivity contribution is 6.40. The van der Waals surface area contributed by atoms with Crippen LogP contribution in [0, 0.1) is 5.92 Å². The largest absolute Gasteiger partial charge is 0.478 e. The zero-order valence-electron chi connectivity index (χ0n) is 11.1. The summed E-state index contributed by atoms with van der Waals surface area (Å²) in [6.45, 7) is 1.75. The Morgan fingerprint density at radius 2 is 2.00 bits per heavy atom. The maximum absolute atomic E-state index is 12.1. The number of aromatic carboxylic acids is 1. The lowest BCUT2D eigenvalue weighted by atomic mass is 10.1. The van der Waals surface area contributed by atoms with E-state index in [1.165, 1.54) is 12.1 Å². The summed E-state index contributed by atoms with van der Waals surface area (Å²) in [6, 6.07) is 2.17. The normalized spacial score (nSPS) is 17.9. The molecule has 1 saturated heterocycles. The Hall–Kier alpha value is -1.50. The van der Waals surface area contributed by atoms with Crippen molar-refractivity contribution in [2.24, 2.45) is 11.7 Å². The first kappa shape index (κ1) is 15.9. The number of anilines is 1. The van der Waals surface area contributed by atoms with Crippen molar-refractivity contribution < 1.29 is 14.7 Å². The van der Waals surface area contributed by atoms with E-state index in [-0.39, 0.29) is 27.3 Å². The van der Waals surface area contributed by atoms with Crippen molar-refractivity contribution in [1.82, 2.24) is 4.90 Å². The van der Waals surface area contributed by atoms with E-state index in [9.17, 15) is 9.59 Å². The van der Waals surface area contributed by atoms with E-state index in [0.29, 0.717) is 25.6 Å². The van der Waals surface area contributed by atoms with Gasteiger partial charge in [0, 0.05) is 13.1 Å². The second-order valence-electron chi connectivity index (χ2n) is 4.89. The maximum Gasteiger partial charge on any atom is 0.335 e. The van der Waals surface area contributed by atoms with Gasteiger partial charge >= 0.3 is 12.0 Å². The van der Waals surface area contributed by atoms with Crippen LogP contribution in [0.2, 0.25) is 10.0 Å². The average Bonchev–Trinajstić information content (AvgIpc) is 2.91. The molecule has 2 amide bonds. The number of carbonyl (C=O) groups is 2. The van der Waals surface area contributed by atoms with Crippen molar-refractivity contribution in [3.8, 4) is 0 Å². The third kappa shape index (κ3) is 3.58. The van der Waals surface area contributed by atoms with Crippen LogP contribution in [0.1, 0.15) is 16.8 Å². The Morgan fingerprint density at radius 1 is 1.38 bits per heavy atom. The van der Waals surface area contributed by atoms with Gasteiger partial charge in [0.05, 0.1) is 21.3 Å². The predicted octanol–water partition coefficient (Wildman–Crippen LogP) is 2.50. The first-order valence-electron chi connectivity index (χ1n) is 6.40. The van der Waals surface area contributed by atoms with Gasteiger partial charge in [0.15, 0.2) is 0 Å². The van der Waals surface area contributed by atoms with E-state index >= 15 is 0 Å². The highest BCUT2D eigenvalue weighted by Gasteiger charge is 2.26. The molecule has 0 bridgehead atoms. The molecular formula is C13H15Cl2N3O3. The molecule has 0 spiro atoms. The Labute approximate surface area is 131 Å². The summed E-state index contributed by atoms with van der Waals surface area (Å²) in [5, 5.41) is 11.7. The SMILES string of the molecule is NCC1CCN(C(=O)Nc2c(Cl)cc(C(=O)O)cc2Cl)C1. The van der Waals surface area contributed by atoms with Crippen LogP contribution in [0.5, 0.6) is 0 Å². The lowest BCUT2D eigenvalue weighted by Gasteiger charge is -2.18. The van der Waals surface area contributed by atoms with Crippen molar-refractivity contribution in [3.05, 3.63) is 27.7 Å². The van der Waals surface area contributed by atoms with E-state index in [1.54, 1.807) is 4.90 Å². The molecule has 1 aliphatic heterocycles. The van der Waals surface area contributed by atoms with E-state index in [4.69, 9.17) is 34.0 Å². The topological polar surface area (TPSA) is 95.7 Å². The highest BCUT2D eigenvalue weighted by atomic mass is 35.5. The molecule has 6 nitrogen and oxygen atoms in total. The molecule has 0 saturated carbocycles. The number of hydrogen-bond donors (Lipinski definition) is 3. The number of carboxylic acids is 1. The van der Waals surface area contributed by atoms with Gasteiger partial charge in [-0.15, -0.1) is 0 Å². The molecule has 21 heavy (non-hydrogen) atoms. The Morgan fingerprint density at radius 3 is 2.48 bits per heavy atom. The first-order chi connectivity index (χ1) is 9.92. The molecule has 0 radical (unpaired) electrons. The van der Waals surface area contributed by atoms with Crippen LogP contribution in [-0.2, 0) is 0 Å². The molecule has 114 valence electrons. The summed E-state index contributed by atoms with van der Waals surface area (Å²) in [7, 11) is 0. The summed E-state index contributed by atoms with van der Waals surface area (Å²) in [5.41, 5.74) is 5.76. The monoisotopic (exact) mass is 331 g/mol. The fraction of sp³-hybridized carbons (Fsp3) is 0.385. The van der Waals surface area contributed by atoms with Crippen LogP contribution in [0.15, 0.2) is 12.1 Å². The number of nitrogens with one attached hydrogen (secondary N) is 1. The van der Waals surface area contributed by atoms with Crippen LogP contribution in [0.3, 0.4) is 0 Å². The summed E-state index contributed by atoms with van der Waals surface area (Å²) in [5.74, 6) is -0.835. The zero-order chi connectivity index (χ0) is 15.6. The van der Waals surface area contributed by atoms with Gasteiger partial charge < -0.3 is 21.1 Å². The minimum absolute atomic E-state index is 0.0348. The predicted molar refractivity (Wildman–Crippen MR) is 81.2 cm³/mol. The summed E-state index contributed by atoms with van der Waals surface area (Å²) in [6.07, 6.45) is 0.864. The molecule has 8 heteroatoms. The molecule has 0 aromatic heterocycles. The second kappa shape index (κ2) is 6.51. The summed E-state index contributed by atoms with van der Waals surface area (Å²) < 4.78 is 0. The molecule has 1 aliphatic rings. The van der Waals surface area contributed by atoms with Crippen LogP contribution in [0.25, 0.3) is 0 Å². The maximum atomic E-state index is 12.1. The lowest BCUT2D eigenvalue weighted by Crippen LogP contribution is -2.33. The number of nitrogens with zero attached hydrogens (tertiary/aromatic N) is 1.